The number of nitrogens with one attached hydrogen (secondary N) is 1. The van der Waals surface area contributed by atoms with Crippen LogP contribution in [0.1, 0.15) is 30.5 Å². The zero-order valence-electron chi connectivity index (χ0n) is 9.45. The van der Waals surface area contributed by atoms with E-state index in [-0.39, 0.29) is 0 Å². The number of aryl methyl sites for hydroxylation is 2. The lowest BCUT2D eigenvalue weighted by molar-refractivity contribution is 0.627. The number of aromatic nitrogens is 2. The molecular formula is C11H18N4. The van der Waals surface area contributed by atoms with Crippen molar-refractivity contribution >= 4 is 0 Å². The summed E-state index contributed by atoms with van der Waals surface area (Å²) in [4.78, 5) is 0. The van der Waals surface area contributed by atoms with E-state index in [1.54, 1.807) is 0 Å². The van der Waals surface area contributed by atoms with Crippen LogP contribution >= 0.6 is 0 Å². The van der Waals surface area contributed by atoms with Crippen LogP contribution in [0.25, 0.3) is 0 Å². The van der Waals surface area contributed by atoms with Crippen molar-refractivity contribution in [2.75, 3.05) is 6.54 Å². The second-order valence-electron chi connectivity index (χ2n) is 3.71. The Labute approximate surface area is 90.9 Å². The predicted octanol–water partition coefficient (Wildman–Crippen LogP) is 1.51. The predicted molar refractivity (Wildman–Crippen MR) is 59.1 cm³/mol. The maximum absolute atomic E-state index is 8.36. The van der Waals surface area contributed by atoms with Crippen LogP contribution in [0.5, 0.6) is 0 Å². The molecule has 4 heteroatoms. The Balaban J connectivity index is 2.15. The topological polar surface area (TPSA) is 53.6 Å². The second-order valence-corrected chi connectivity index (χ2v) is 3.71. The SMILES string of the molecule is Cc1nn(C)cc1CNCCCCC#N. The molecule has 15 heavy (non-hydrogen) atoms. The Bertz CT molecular complexity index is 335. The van der Waals surface area contributed by atoms with E-state index in [1.807, 2.05) is 24.9 Å². The highest BCUT2D eigenvalue weighted by Crippen LogP contribution is 2.03. The van der Waals surface area contributed by atoms with E-state index >= 15 is 0 Å². The minimum Gasteiger partial charge on any atom is -0.313 e. The van der Waals surface area contributed by atoms with E-state index < -0.39 is 0 Å². The van der Waals surface area contributed by atoms with Gasteiger partial charge in [0.25, 0.3) is 0 Å². The first-order valence-electron chi connectivity index (χ1n) is 5.31. The van der Waals surface area contributed by atoms with Crippen molar-refractivity contribution in [1.29, 1.82) is 5.26 Å². The van der Waals surface area contributed by atoms with Crippen molar-refractivity contribution in [2.45, 2.75) is 32.7 Å². The smallest absolute Gasteiger partial charge is 0.0638 e. The van der Waals surface area contributed by atoms with E-state index in [0.29, 0.717) is 6.42 Å². The lowest BCUT2D eigenvalue weighted by atomic mass is 10.2. The van der Waals surface area contributed by atoms with Gasteiger partial charge in [-0.3, -0.25) is 4.68 Å². The summed E-state index contributed by atoms with van der Waals surface area (Å²) >= 11 is 0. The van der Waals surface area contributed by atoms with Gasteiger partial charge in [-0.25, -0.2) is 0 Å². The Morgan fingerprint density at radius 2 is 2.33 bits per heavy atom. The van der Waals surface area contributed by atoms with Crippen LogP contribution in [0.3, 0.4) is 0 Å². The fourth-order valence-electron chi connectivity index (χ4n) is 1.50. The summed E-state index contributed by atoms with van der Waals surface area (Å²) in [6, 6.07) is 2.15. The molecule has 0 amide bonds. The van der Waals surface area contributed by atoms with Crippen molar-refractivity contribution in [3.8, 4) is 6.07 Å². The summed E-state index contributed by atoms with van der Waals surface area (Å²) in [7, 11) is 1.93. The highest BCUT2D eigenvalue weighted by molar-refractivity contribution is 5.14. The average molecular weight is 206 g/mol. The zero-order chi connectivity index (χ0) is 11.1. The van der Waals surface area contributed by atoms with Crippen LogP contribution < -0.4 is 5.32 Å². The summed E-state index contributed by atoms with van der Waals surface area (Å²) in [5.41, 5.74) is 2.33. The second kappa shape index (κ2) is 6.20. The molecule has 0 spiro atoms. The molecule has 0 saturated carbocycles. The quantitative estimate of drug-likeness (QED) is 0.718. The lowest BCUT2D eigenvalue weighted by Crippen LogP contribution is -2.14. The number of hydrogen-bond donors (Lipinski definition) is 1. The number of nitriles is 1. The molecule has 0 aliphatic heterocycles. The summed E-state index contributed by atoms with van der Waals surface area (Å²) in [6.45, 7) is 3.86. The normalized spacial score (nSPS) is 10.2. The van der Waals surface area contributed by atoms with Crippen LogP contribution in [0.2, 0.25) is 0 Å². The molecule has 1 rings (SSSR count). The van der Waals surface area contributed by atoms with Gasteiger partial charge in [-0.05, 0) is 26.3 Å². The van der Waals surface area contributed by atoms with Gasteiger partial charge in [0.1, 0.15) is 0 Å². The standard InChI is InChI=1S/C11H18N4/c1-10-11(9-15(2)14-10)8-13-7-5-3-4-6-12/h9,13H,3-5,7-8H2,1-2H3. The zero-order valence-corrected chi connectivity index (χ0v) is 9.45. The van der Waals surface area contributed by atoms with E-state index in [4.69, 9.17) is 5.26 Å². The van der Waals surface area contributed by atoms with E-state index in [9.17, 15) is 0 Å². The average Bonchev–Trinajstić information content (AvgIpc) is 2.51. The van der Waals surface area contributed by atoms with Crippen molar-refractivity contribution in [1.82, 2.24) is 15.1 Å². The van der Waals surface area contributed by atoms with Crippen LogP contribution in [0.15, 0.2) is 6.20 Å². The monoisotopic (exact) mass is 206 g/mol. The summed E-state index contributed by atoms with van der Waals surface area (Å²) in [5, 5.41) is 16.0. The molecule has 0 radical (unpaired) electrons. The summed E-state index contributed by atoms with van der Waals surface area (Å²) < 4.78 is 1.84. The number of rotatable bonds is 6. The lowest BCUT2D eigenvalue weighted by Gasteiger charge is -2.01. The molecule has 0 saturated heterocycles. The van der Waals surface area contributed by atoms with Gasteiger partial charge in [-0.2, -0.15) is 10.4 Å². The molecule has 0 aliphatic carbocycles. The molecule has 1 aromatic heterocycles. The maximum atomic E-state index is 8.36. The van der Waals surface area contributed by atoms with E-state index in [0.717, 1.165) is 31.6 Å². The van der Waals surface area contributed by atoms with Crippen molar-refractivity contribution < 1.29 is 0 Å². The molecule has 1 N–H and O–H groups in total. The fraction of sp³-hybridized carbons (Fsp3) is 0.636. The Morgan fingerprint density at radius 3 is 2.93 bits per heavy atom. The number of unbranched alkanes of at least 4 members (excludes halogenated alkanes) is 2. The van der Waals surface area contributed by atoms with Crippen molar-refractivity contribution in [3.63, 3.8) is 0 Å². The Kier molecular flexibility index (Phi) is 4.85. The summed E-state index contributed by atoms with van der Waals surface area (Å²) in [5.74, 6) is 0. The van der Waals surface area contributed by atoms with E-state index in [1.165, 1.54) is 5.56 Å². The third-order valence-corrected chi connectivity index (χ3v) is 2.32. The van der Waals surface area contributed by atoms with Gasteiger partial charge in [-0.15, -0.1) is 0 Å². The van der Waals surface area contributed by atoms with Gasteiger partial charge < -0.3 is 5.32 Å². The van der Waals surface area contributed by atoms with Gasteiger partial charge in [0.05, 0.1) is 11.8 Å². The molecule has 0 atom stereocenters. The highest BCUT2D eigenvalue weighted by Gasteiger charge is 2.01. The molecule has 0 unspecified atom stereocenters. The molecule has 0 aromatic carbocycles. The van der Waals surface area contributed by atoms with Crippen molar-refractivity contribution in [3.05, 3.63) is 17.5 Å². The van der Waals surface area contributed by atoms with Gasteiger partial charge in [0.2, 0.25) is 0 Å². The van der Waals surface area contributed by atoms with Crippen LogP contribution in [0.4, 0.5) is 0 Å². The molecule has 1 heterocycles. The Morgan fingerprint density at radius 1 is 1.53 bits per heavy atom. The van der Waals surface area contributed by atoms with Crippen molar-refractivity contribution in [2.24, 2.45) is 7.05 Å². The van der Waals surface area contributed by atoms with Crippen LogP contribution in [0, 0.1) is 18.3 Å². The molecule has 0 bridgehead atoms. The minimum absolute atomic E-state index is 0.660. The number of hydrogen-bond acceptors (Lipinski definition) is 3. The first-order chi connectivity index (χ1) is 7.24. The number of nitrogens with zero attached hydrogens (tertiary/aromatic N) is 3. The molecule has 1 aromatic rings. The minimum atomic E-state index is 0.660. The van der Waals surface area contributed by atoms with Gasteiger partial charge >= 0.3 is 0 Å². The summed E-state index contributed by atoms with van der Waals surface area (Å²) in [6.07, 6.45) is 4.74. The molecule has 4 nitrogen and oxygen atoms in total. The first-order valence-corrected chi connectivity index (χ1v) is 5.31. The molecule has 0 fully saturated rings. The molecular weight excluding hydrogens is 188 g/mol. The third-order valence-electron chi connectivity index (χ3n) is 2.32. The van der Waals surface area contributed by atoms with Gasteiger partial charge in [0, 0.05) is 31.8 Å². The Hall–Kier alpha value is -1.34. The van der Waals surface area contributed by atoms with E-state index in [2.05, 4.69) is 16.5 Å². The maximum Gasteiger partial charge on any atom is 0.0638 e. The highest BCUT2D eigenvalue weighted by atomic mass is 15.2. The molecule has 0 aliphatic rings. The van der Waals surface area contributed by atoms with Crippen LogP contribution in [-0.4, -0.2) is 16.3 Å². The van der Waals surface area contributed by atoms with Gasteiger partial charge in [0.15, 0.2) is 0 Å². The molecule has 82 valence electrons. The third kappa shape index (κ3) is 4.13. The van der Waals surface area contributed by atoms with Gasteiger partial charge in [-0.1, -0.05) is 0 Å². The first kappa shape index (κ1) is 11.7. The van der Waals surface area contributed by atoms with Crippen LogP contribution in [-0.2, 0) is 13.6 Å². The largest absolute Gasteiger partial charge is 0.313 e. The fourth-order valence-corrected chi connectivity index (χ4v) is 1.50.